The fourth-order valence-electron chi connectivity index (χ4n) is 1.60. The normalized spacial score (nSPS) is 27.3. The first-order chi connectivity index (χ1) is 5.33. The van der Waals surface area contributed by atoms with E-state index in [1.54, 1.807) is 0 Å². The summed E-state index contributed by atoms with van der Waals surface area (Å²) in [4.78, 5) is 2.33. The van der Waals surface area contributed by atoms with E-state index in [-0.39, 0.29) is 6.61 Å². The SMILES string of the molecule is CN1CCC[C@@H](NCCO)C1. The number of likely N-dealkylation sites (N-methyl/N-ethyl adjacent to an activating group) is 1. The molecule has 0 saturated carbocycles. The fourth-order valence-corrected chi connectivity index (χ4v) is 1.60. The molecule has 11 heavy (non-hydrogen) atoms. The van der Waals surface area contributed by atoms with Crippen LogP contribution >= 0.6 is 0 Å². The predicted molar refractivity (Wildman–Crippen MR) is 45.6 cm³/mol. The van der Waals surface area contributed by atoms with Crippen LogP contribution in [0, 0.1) is 0 Å². The highest BCUT2D eigenvalue weighted by molar-refractivity contribution is 4.75. The van der Waals surface area contributed by atoms with Gasteiger partial charge in [0.25, 0.3) is 0 Å². The van der Waals surface area contributed by atoms with Crippen molar-refractivity contribution in [2.75, 3.05) is 33.3 Å². The third kappa shape index (κ3) is 3.18. The third-order valence-electron chi connectivity index (χ3n) is 2.17. The van der Waals surface area contributed by atoms with Gasteiger partial charge < -0.3 is 15.3 Å². The van der Waals surface area contributed by atoms with Crippen molar-refractivity contribution in [3.05, 3.63) is 0 Å². The number of piperidine rings is 1. The molecule has 0 spiro atoms. The summed E-state index contributed by atoms with van der Waals surface area (Å²) in [5, 5.41) is 11.9. The van der Waals surface area contributed by atoms with Gasteiger partial charge in [-0.25, -0.2) is 0 Å². The lowest BCUT2D eigenvalue weighted by molar-refractivity contribution is 0.213. The van der Waals surface area contributed by atoms with Crippen molar-refractivity contribution in [3.63, 3.8) is 0 Å². The van der Waals surface area contributed by atoms with Crippen molar-refractivity contribution >= 4 is 0 Å². The molecule has 0 aliphatic carbocycles. The number of aliphatic hydroxyl groups excluding tert-OH is 1. The van der Waals surface area contributed by atoms with Crippen LogP contribution in [-0.2, 0) is 0 Å². The van der Waals surface area contributed by atoms with Crippen molar-refractivity contribution in [1.82, 2.24) is 10.2 Å². The standard InChI is InChI=1S/C8H18N2O/c1-10-5-2-3-8(7-10)9-4-6-11/h8-9,11H,2-7H2,1H3/t8-/m1/s1. The minimum Gasteiger partial charge on any atom is -0.395 e. The first-order valence-corrected chi connectivity index (χ1v) is 4.35. The molecular formula is C8H18N2O. The topological polar surface area (TPSA) is 35.5 Å². The Kier molecular flexibility index (Phi) is 3.83. The summed E-state index contributed by atoms with van der Waals surface area (Å²) < 4.78 is 0. The van der Waals surface area contributed by atoms with Crippen LogP contribution < -0.4 is 5.32 Å². The Labute approximate surface area is 68.4 Å². The summed E-state index contributed by atoms with van der Waals surface area (Å²) in [6, 6.07) is 0.598. The second-order valence-corrected chi connectivity index (χ2v) is 3.28. The zero-order valence-corrected chi connectivity index (χ0v) is 7.21. The molecule has 0 aromatic heterocycles. The lowest BCUT2D eigenvalue weighted by Gasteiger charge is -2.30. The molecule has 1 fully saturated rings. The average molecular weight is 158 g/mol. The molecule has 1 saturated heterocycles. The van der Waals surface area contributed by atoms with Crippen molar-refractivity contribution in [2.24, 2.45) is 0 Å². The Hall–Kier alpha value is -0.120. The van der Waals surface area contributed by atoms with E-state index in [1.165, 1.54) is 19.4 Å². The molecule has 1 aliphatic rings. The Morgan fingerprint density at radius 3 is 3.09 bits per heavy atom. The molecular weight excluding hydrogens is 140 g/mol. The Balaban J connectivity index is 2.12. The van der Waals surface area contributed by atoms with E-state index in [4.69, 9.17) is 5.11 Å². The van der Waals surface area contributed by atoms with E-state index < -0.39 is 0 Å². The van der Waals surface area contributed by atoms with Crippen LogP contribution in [0.2, 0.25) is 0 Å². The van der Waals surface area contributed by atoms with Crippen LogP contribution in [0.15, 0.2) is 0 Å². The summed E-state index contributed by atoms with van der Waals surface area (Å²) in [7, 11) is 2.15. The van der Waals surface area contributed by atoms with E-state index >= 15 is 0 Å². The van der Waals surface area contributed by atoms with Crippen LogP contribution in [-0.4, -0.2) is 49.3 Å². The number of nitrogens with zero attached hydrogens (tertiary/aromatic N) is 1. The lowest BCUT2D eigenvalue weighted by atomic mass is 10.1. The number of nitrogens with one attached hydrogen (secondary N) is 1. The van der Waals surface area contributed by atoms with E-state index in [0.717, 1.165) is 13.1 Å². The number of hydrogen-bond acceptors (Lipinski definition) is 3. The van der Waals surface area contributed by atoms with E-state index in [2.05, 4.69) is 17.3 Å². The summed E-state index contributed by atoms with van der Waals surface area (Å²) in [5.41, 5.74) is 0. The molecule has 2 N–H and O–H groups in total. The van der Waals surface area contributed by atoms with Crippen LogP contribution in [0.25, 0.3) is 0 Å². The van der Waals surface area contributed by atoms with E-state index in [9.17, 15) is 0 Å². The monoisotopic (exact) mass is 158 g/mol. The highest BCUT2D eigenvalue weighted by atomic mass is 16.3. The molecule has 0 amide bonds. The Bertz CT molecular complexity index is 108. The van der Waals surface area contributed by atoms with Crippen LogP contribution in [0.4, 0.5) is 0 Å². The molecule has 0 bridgehead atoms. The quantitative estimate of drug-likeness (QED) is 0.590. The van der Waals surface area contributed by atoms with Gasteiger partial charge in [0.1, 0.15) is 0 Å². The second kappa shape index (κ2) is 4.70. The molecule has 1 heterocycles. The van der Waals surface area contributed by atoms with Gasteiger partial charge in [0, 0.05) is 19.1 Å². The lowest BCUT2D eigenvalue weighted by Crippen LogP contribution is -2.44. The molecule has 1 aliphatic heterocycles. The second-order valence-electron chi connectivity index (χ2n) is 3.28. The summed E-state index contributed by atoms with van der Waals surface area (Å²) in [5.74, 6) is 0. The largest absolute Gasteiger partial charge is 0.395 e. The Morgan fingerprint density at radius 2 is 2.45 bits per heavy atom. The van der Waals surface area contributed by atoms with Gasteiger partial charge in [0.2, 0.25) is 0 Å². The maximum Gasteiger partial charge on any atom is 0.0556 e. The van der Waals surface area contributed by atoms with Crippen molar-refractivity contribution in [3.8, 4) is 0 Å². The molecule has 0 aromatic carbocycles. The van der Waals surface area contributed by atoms with Crippen LogP contribution in [0.1, 0.15) is 12.8 Å². The molecule has 0 unspecified atom stereocenters. The van der Waals surface area contributed by atoms with E-state index in [1.807, 2.05) is 0 Å². The van der Waals surface area contributed by atoms with Gasteiger partial charge in [0.15, 0.2) is 0 Å². The van der Waals surface area contributed by atoms with Gasteiger partial charge in [-0.1, -0.05) is 0 Å². The minimum atomic E-state index is 0.250. The first kappa shape index (κ1) is 8.97. The van der Waals surface area contributed by atoms with Gasteiger partial charge >= 0.3 is 0 Å². The third-order valence-corrected chi connectivity index (χ3v) is 2.17. The smallest absolute Gasteiger partial charge is 0.0556 e. The summed E-state index contributed by atoms with van der Waals surface area (Å²) in [6.07, 6.45) is 2.53. The first-order valence-electron chi connectivity index (χ1n) is 4.35. The van der Waals surface area contributed by atoms with Gasteiger partial charge in [-0.05, 0) is 26.4 Å². The summed E-state index contributed by atoms with van der Waals surface area (Å²) >= 11 is 0. The van der Waals surface area contributed by atoms with E-state index in [0.29, 0.717) is 6.04 Å². The van der Waals surface area contributed by atoms with Gasteiger partial charge in [0.05, 0.1) is 6.61 Å². The van der Waals surface area contributed by atoms with Crippen LogP contribution in [0.5, 0.6) is 0 Å². The molecule has 0 aromatic rings. The van der Waals surface area contributed by atoms with Crippen molar-refractivity contribution in [2.45, 2.75) is 18.9 Å². The molecule has 1 rings (SSSR count). The molecule has 0 radical (unpaired) electrons. The van der Waals surface area contributed by atoms with Crippen LogP contribution in [0.3, 0.4) is 0 Å². The number of likely N-dealkylation sites (tertiary alicyclic amines) is 1. The predicted octanol–water partition coefficient (Wildman–Crippen LogP) is -0.338. The minimum absolute atomic E-state index is 0.250. The fraction of sp³-hybridized carbons (Fsp3) is 1.00. The van der Waals surface area contributed by atoms with Gasteiger partial charge in [-0.15, -0.1) is 0 Å². The zero-order chi connectivity index (χ0) is 8.10. The molecule has 66 valence electrons. The number of hydrogen-bond donors (Lipinski definition) is 2. The highest BCUT2D eigenvalue weighted by Gasteiger charge is 2.15. The number of rotatable bonds is 3. The van der Waals surface area contributed by atoms with Gasteiger partial charge in [-0.2, -0.15) is 0 Å². The highest BCUT2D eigenvalue weighted by Crippen LogP contribution is 2.06. The maximum absolute atomic E-state index is 8.59. The molecule has 1 atom stereocenters. The Morgan fingerprint density at radius 1 is 1.64 bits per heavy atom. The summed E-state index contributed by atoms with van der Waals surface area (Å²) in [6.45, 7) is 3.33. The van der Waals surface area contributed by atoms with Gasteiger partial charge in [-0.3, -0.25) is 0 Å². The maximum atomic E-state index is 8.59. The van der Waals surface area contributed by atoms with Crippen molar-refractivity contribution in [1.29, 1.82) is 0 Å². The zero-order valence-electron chi connectivity index (χ0n) is 7.21. The number of aliphatic hydroxyl groups is 1. The average Bonchev–Trinajstić information content (AvgIpc) is 2.01. The molecule has 3 nitrogen and oxygen atoms in total. The van der Waals surface area contributed by atoms with Crippen molar-refractivity contribution < 1.29 is 5.11 Å². The molecule has 3 heteroatoms.